The molecule has 1 aliphatic heterocycles. The van der Waals surface area contributed by atoms with Gasteiger partial charge in [-0.15, -0.1) is 0 Å². The zero-order valence-electron chi connectivity index (χ0n) is 11.8. The summed E-state index contributed by atoms with van der Waals surface area (Å²) in [7, 11) is -3.21. The molecule has 0 unspecified atom stereocenters. The molecule has 0 spiro atoms. The molecule has 0 saturated carbocycles. The minimum Gasteiger partial charge on any atom is -0.336 e. The maximum Gasteiger partial charge on any atom is 0.253 e. The van der Waals surface area contributed by atoms with E-state index in [2.05, 4.69) is 5.32 Å². The van der Waals surface area contributed by atoms with E-state index in [4.69, 9.17) is 0 Å². The van der Waals surface area contributed by atoms with E-state index < -0.39 is 9.84 Å². The van der Waals surface area contributed by atoms with E-state index in [9.17, 15) is 13.2 Å². The SMILES string of the molecule is CCS(=O)(=O)c1ccc(C(=O)N2CCN[C@@H](C)C2)cc1. The molecule has 0 aromatic heterocycles. The van der Waals surface area contributed by atoms with Crippen LogP contribution in [0.2, 0.25) is 0 Å². The lowest BCUT2D eigenvalue weighted by atomic mass is 10.1. The van der Waals surface area contributed by atoms with Gasteiger partial charge in [-0.2, -0.15) is 0 Å². The molecule has 1 heterocycles. The Morgan fingerprint density at radius 2 is 2.00 bits per heavy atom. The molecule has 0 radical (unpaired) electrons. The molecule has 6 heteroatoms. The van der Waals surface area contributed by atoms with E-state index in [1.54, 1.807) is 24.0 Å². The van der Waals surface area contributed by atoms with Crippen molar-refractivity contribution in [3.8, 4) is 0 Å². The third kappa shape index (κ3) is 3.19. The van der Waals surface area contributed by atoms with Gasteiger partial charge in [0.2, 0.25) is 0 Å². The second-order valence-electron chi connectivity index (χ2n) is 5.03. The van der Waals surface area contributed by atoms with Crippen LogP contribution >= 0.6 is 0 Å². The molecule has 1 amide bonds. The Kier molecular flexibility index (Phi) is 4.45. The standard InChI is InChI=1S/C14H20N2O3S/c1-3-20(18,19)13-6-4-12(5-7-13)14(17)16-9-8-15-11(2)10-16/h4-7,11,15H,3,8-10H2,1-2H3/t11-/m0/s1. The predicted molar refractivity (Wildman–Crippen MR) is 77.5 cm³/mol. The van der Waals surface area contributed by atoms with Crippen LogP contribution in [0.1, 0.15) is 24.2 Å². The van der Waals surface area contributed by atoms with Crippen molar-refractivity contribution >= 4 is 15.7 Å². The fourth-order valence-electron chi connectivity index (χ4n) is 2.27. The first kappa shape index (κ1) is 15.0. The summed E-state index contributed by atoms with van der Waals surface area (Å²) in [6.07, 6.45) is 0. The van der Waals surface area contributed by atoms with Crippen LogP contribution in [0.15, 0.2) is 29.2 Å². The van der Waals surface area contributed by atoms with Crippen LogP contribution in [0.25, 0.3) is 0 Å². The highest BCUT2D eigenvalue weighted by molar-refractivity contribution is 7.91. The molecule has 1 N–H and O–H groups in total. The molecule has 1 atom stereocenters. The Balaban J connectivity index is 2.16. The second-order valence-corrected chi connectivity index (χ2v) is 7.31. The van der Waals surface area contributed by atoms with Gasteiger partial charge in [-0.3, -0.25) is 4.79 Å². The highest BCUT2D eigenvalue weighted by Gasteiger charge is 2.22. The number of hydrogen-bond donors (Lipinski definition) is 1. The van der Waals surface area contributed by atoms with E-state index in [1.807, 2.05) is 6.92 Å². The predicted octanol–water partition coefficient (Wildman–Crippen LogP) is 0.914. The Morgan fingerprint density at radius 1 is 1.35 bits per heavy atom. The van der Waals surface area contributed by atoms with Crippen LogP contribution in [0.4, 0.5) is 0 Å². The fourth-order valence-corrected chi connectivity index (χ4v) is 3.15. The summed E-state index contributed by atoms with van der Waals surface area (Å²) in [4.78, 5) is 14.4. The average molecular weight is 296 g/mol. The molecule has 1 aromatic rings. The van der Waals surface area contributed by atoms with E-state index in [-0.39, 0.29) is 22.6 Å². The van der Waals surface area contributed by atoms with Gasteiger partial charge < -0.3 is 10.2 Å². The quantitative estimate of drug-likeness (QED) is 0.900. The third-order valence-corrected chi connectivity index (χ3v) is 5.25. The fraction of sp³-hybridized carbons (Fsp3) is 0.500. The van der Waals surface area contributed by atoms with Crippen molar-refractivity contribution < 1.29 is 13.2 Å². The zero-order chi connectivity index (χ0) is 14.8. The molecule has 1 saturated heterocycles. The summed E-state index contributed by atoms with van der Waals surface area (Å²) in [6.45, 7) is 5.79. The first-order valence-corrected chi connectivity index (χ1v) is 8.44. The zero-order valence-corrected chi connectivity index (χ0v) is 12.6. The summed E-state index contributed by atoms with van der Waals surface area (Å²) in [5.41, 5.74) is 0.536. The molecule has 1 fully saturated rings. The van der Waals surface area contributed by atoms with Gasteiger partial charge in [0, 0.05) is 31.2 Å². The molecule has 1 aromatic carbocycles. The number of carbonyl (C=O) groups excluding carboxylic acids is 1. The van der Waals surface area contributed by atoms with Crippen molar-refractivity contribution in [1.29, 1.82) is 0 Å². The summed E-state index contributed by atoms with van der Waals surface area (Å²) < 4.78 is 23.4. The maximum absolute atomic E-state index is 12.3. The van der Waals surface area contributed by atoms with Crippen molar-refractivity contribution in [3.63, 3.8) is 0 Å². The summed E-state index contributed by atoms with van der Waals surface area (Å²) in [6, 6.07) is 6.50. The monoisotopic (exact) mass is 296 g/mol. The van der Waals surface area contributed by atoms with Gasteiger partial charge in [0.05, 0.1) is 10.6 Å². The first-order chi connectivity index (χ1) is 9.44. The Labute approximate surface area is 119 Å². The normalized spacial score (nSPS) is 19.9. The van der Waals surface area contributed by atoms with Gasteiger partial charge in [0.25, 0.3) is 5.91 Å². The Bertz CT molecular complexity index is 581. The van der Waals surface area contributed by atoms with Gasteiger partial charge in [0.1, 0.15) is 0 Å². The third-order valence-electron chi connectivity index (χ3n) is 3.50. The van der Waals surface area contributed by atoms with Crippen molar-refractivity contribution in [2.75, 3.05) is 25.4 Å². The molecule has 1 aliphatic rings. The van der Waals surface area contributed by atoms with Crippen LogP contribution in [0.3, 0.4) is 0 Å². The molecule has 2 rings (SSSR count). The highest BCUT2D eigenvalue weighted by Crippen LogP contribution is 2.14. The van der Waals surface area contributed by atoms with Crippen molar-refractivity contribution in [1.82, 2.24) is 10.2 Å². The molecule has 0 aliphatic carbocycles. The first-order valence-electron chi connectivity index (χ1n) is 6.79. The number of rotatable bonds is 3. The van der Waals surface area contributed by atoms with Crippen LogP contribution in [-0.4, -0.2) is 50.7 Å². The van der Waals surface area contributed by atoms with E-state index >= 15 is 0 Å². The number of sulfone groups is 1. The summed E-state index contributed by atoms with van der Waals surface area (Å²) in [5, 5.41) is 3.28. The van der Waals surface area contributed by atoms with Crippen molar-refractivity contribution in [3.05, 3.63) is 29.8 Å². The van der Waals surface area contributed by atoms with E-state index in [0.29, 0.717) is 18.7 Å². The van der Waals surface area contributed by atoms with Gasteiger partial charge in [0.15, 0.2) is 9.84 Å². The number of nitrogens with zero attached hydrogens (tertiary/aromatic N) is 1. The molecular weight excluding hydrogens is 276 g/mol. The highest BCUT2D eigenvalue weighted by atomic mass is 32.2. The van der Waals surface area contributed by atoms with Crippen LogP contribution in [0.5, 0.6) is 0 Å². The molecule has 110 valence electrons. The minimum atomic E-state index is -3.21. The lowest BCUT2D eigenvalue weighted by Crippen LogP contribution is -2.51. The lowest BCUT2D eigenvalue weighted by molar-refractivity contribution is 0.0709. The second kappa shape index (κ2) is 5.93. The summed E-state index contributed by atoms with van der Waals surface area (Å²) in [5.74, 6) is 0.0223. The van der Waals surface area contributed by atoms with Gasteiger partial charge in [-0.05, 0) is 31.2 Å². The van der Waals surface area contributed by atoms with Gasteiger partial charge >= 0.3 is 0 Å². The minimum absolute atomic E-state index is 0.0428. The molecule has 5 nitrogen and oxygen atoms in total. The number of hydrogen-bond acceptors (Lipinski definition) is 4. The van der Waals surface area contributed by atoms with Crippen molar-refractivity contribution in [2.24, 2.45) is 0 Å². The Hall–Kier alpha value is -1.40. The van der Waals surface area contributed by atoms with Gasteiger partial charge in [-0.25, -0.2) is 8.42 Å². The summed E-state index contributed by atoms with van der Waals surface area (Å²) >= 11 is 0. The molecule has 20 heavy (non-hydrogen) atoms. The van der Waals surface area contributed by atoms with Crippen LogP contribution in [0, 0.1) is 0 Å². The number of amides is 1. The number of benzene rings is 1. The van der Waals surface area contributed by atoms with Crippen molar-refractivity contribution in [2.45, 2.75) is 24.8 Å². The Morgan fingerprint density at radius 3 is 2.55 bits per heavy atom. The van der Waals surface area contributed by atoms with Gasteiger partial charge in [-0.1, -0.05) is 6.92 Å². The number of nitrogens with one attached hydrogen (secondary N) is 1. The smallest absolute Gasteiger partial charge is 0.253 e. The lowest BCUT2D eigenvalue weighted by Gasteiger charge is -2.32. The van der Waals surface area contributed by atoms with Crippen LogP contribution < -0.4 is 5.32 Å². The van der Waals surface area contributed by atoms with E-state index in [0.717, 1.165) is 6.54 Å². The average Bonchev–Trinajstić information content (AvgIpc) is 2.46. The van der Waals surface area contributed by atoms with Crippen LogP contribution in [-0.2, 0) is 9.84 Å². The number of piperazine rings is 1. The molecular formula is C14H20N2O3S. The molecule has 0 bridgehead atoms. The van der Waals surface area contributed by atoms with E-state index in [1.165, 1.54) is 12.1 Å². The maximum atomic E-state index is 12.3. The topological polar surface area (TPSA) is 66.5 Å². The largest absolute Gasteiger partial charge is 0.336 e. The number of carbonyl (C=O) groups is 1.